The molecule has 0 aliphatic carbocycles. The molecule has 3 rings (SSSR count). The van der Waals surface area contributed by atoms with E-state index in [0.717, 1.165) is 24.4 Å². The number of carbonyl (C=O) groups excluding carboxylic acids is 1. The van der Waals surface area contributed by atoms with Crippen molar-refractivity contribution in [3.05, 3.63) is 59.7 Å². The number of carbonyl (C=O) groups is 1. The molecule has 2 aromatic rings. The predicted octanol–water partition coefficient (Wildman–Crippen LogP) is 3.27. The molecule has 1 saturated heterocycles. The van der Waals surface area contributed by atoms with E-state index < -0.39 is 0 Å². The maximum Gasteiger partial charge on any atom is 0.255 e. The van der Waals surface area contributed by atoms with Gasteiger partial charge in [-0.25, -0.2) is 0 Å². The van der Waals surface area contributed by atoms with E-state index in [1.54, 1.807) is 26.4 Å². The lowest BCUT2D eigenvalue weighted by molar-refractivity contribution is 0.0935. The van der Waals surface area contributed by atoms with E-state index >= 15 is 0 Å². The summed E-state index contributed by atoms with van der Waals surface area (Å²) < 4.78 is 10.7. The number of ether oxygens (including phenoxy) is 2. The van der Waals surface area contributed by atoms with Crippen molar-refractivity contribution in [1.82, 2.24) is 10.2 Å². The van der Waals surface area contributed by atoms with Crippen molar-refractivity contribution in [2.75, 3.05) is 33.9 Å². The van der Waals surface area contributed by atoms with Crippen LogP contribution in [-0.4, -0.2) is 44.7 Å². The maximum absolute atomic E-state index is 12.7. The number of rotatable bonds is 7. The molecule has 0 saturated carbocycles. The van der Waals surface area contributed by atoms with Crippen LogP contribution in [0.4, 0.5) is 0 Å². The van der Waals surface area contributed by atoms with E-state index in [0.29, 0.717) is 17.9 Å². The summed E-state index contributed by atoms with van der Waals surface area (Å²) in [5, 5.41) is 3.09. The van der Waals surface area contributed by atoms with Gasteiger partial charge in [0, 0.05) is 6.54 Å². The van der Waals surface area contributed by atoms with Crippen LogP contribution in [0.3, 0.4) is 0 Å². The van der Waals surface area contributed by atoms with Crippen molar-refractivity contribution in [2.45, 2.75) is 18.9 Å². The summed E-state index contributed by atoms with van der Waals surface area (Å²) in [6.45, 7) is 2.64. The van der Waals surface area contributed by atoms with Gasteiger partial charge in [0.2, 0.25) is 0 Å². The van der Waals surface area contributed by atoms with Crippen LogP contribution in [0.25, 0.3) is 0 Å². The fourth-order valence-corrected chi connectivity index (χ4v) is 3.48. The summed E-state index contributed by atoms with van der Waals surface area (Å²) in [5.74, 6) is 1.31. The van der Waals surface area contributed by atoms with E-state index in [9.17, 15) is 4.79 Å². The first-order chi connectivity index (χ1) is 12.7. The Kier molecular flexibility index (Phi) is 6.12. The number of para-hydroxylation sites is 1. The summed E-state index contributed by atoms with van der Waals surface area (Å²) >= 11 is 0. The van der Waals surface area contributed by atoms with Crippen LogP contribution >= 0.6 is 0 Å². The van der Waals surface area contributed by atoms with Gasteiger partial charge in [0.15, 0.2) is 0 Å². The molecular formula is C21H26N2O3. The predicted molar refractivity (Wildman–Crippen MR) is 102 cm³/mol. The fourth-order valence-electron chi connectivity index (χ4n) is 3.48. The van der Waals surface area contributed by atoms with Gasteiger partial charge in [-0.1, -0.05) is 24.3 Å². The first-order valence-electron chi connectivity index (χ1n) is 9.02. The van der Waals surface area contributed by atoms with E-state index in [4.69, 9.17) is 9.47 Å². The third kappa shape index (κ3) is 4.17. The standard InChI is InChI=1S/C21H26N2O3/c1-25-17-9-7-8-16(14-17)19(23-12-5-6-13-23)15-22-21(24)18-10-3-4-11-20(18)26-2/h3-4,7-11,14,19H,5-6,12-13,15H2,1-2H3,(H,22,24). The zero-order valence-corrected chi connectivity index (χ0v) is 15.4. The summed E-state index contributed by atoms with van der Waals surface area (Å²) in [6, 6.07) is 15.5. The number of benzene rings is 2. The molecular weight excluding hydrogens is 328 g/mol. The summed E-state index contributed by atoms with van der Waals surface area (Å²) in [5.41, 5.74) is 1.72. The number of nitrogens with one attached hydrogen (secondary N) is 1. The Labute approximate surface area is 154 Å². The third-order valence-electron chi connectivity index (χ3n) is 4.87. The quantitative estimate of drug-likeness (QED) is 0.829. The van der Waals surface area contributed by atoms with Crippen LogP contribution in [0.1, 0.15) is 34.8 Å². The Morgan fingerprint density at radius 3 is 2.58 bits per heavy atom. The van der Waals surface area contributed by atoms with Crippen molar-refractivity contribution in [1.29, 1.82) is 0 Å². The number of methoxy groups -OCH3 is 2. The van der Waals surface area contributed by atoms with Crippen molar-refractivity contribution < 1.29 is 14.3 Å². The first kappa shape index (κ1) is 18.3. The molecule has 0 spiro atoms. The molecule has 0 bridgehead atoms. The Hall–Kier alpha value is -2.53. The minimum Gasteiger partial charge on any atom is -0.497 e. The van der Waals surface area contributed by atoms with Crippen molar-refractivity contribution in [2.24, 2.45) is 0 Å². The van der Waals surface area contributed by atoms with Gasteiger partial charge in [0.1, 0.15) is 11.5 Å². The Bertz CT molecular complexity index is 742. The molecule has 5 heteroatoms. The summed E-state index contributed by atoms with van der Waals surface area (Å²) in [7, 11) is 3.25. The van der Waals surface area contributed by atoms with Gasteiger partial charge in [0.25, 0.3) is 5.91 Å². The number of nitrogens with zero attached hydrogens (tertiary/aromatic N) is 1. The minimum absolute atomic E-state index is 0.116. The molecule has 26 heavy (non-hydrogen) atoms. The molecule has 5 nitrogen and oxygen atoms in total. The third-order valence-corrected chi connectivity index (χ3v) is 4.87. The SMILES string of the molecule is COc1cccc(C(CNC(=O)c2ccccc2OC)N2CCCC2)c1. The highest BCUT2D eigenvalue weighted by Crippen LogP contribution is 2.27. The second-order valence-electron chi connectivity index (χ2n) is 6.45. The van der Waals surface area contributed by atoms with Crippen molar-refractivity contribution in [3.63, 3.8) is 0 Å². The van der Waals surface area contributed by atoms with Crippen LogP contribution in [-0.2, 0) is 0 Å². The summed E-state index contributed by atoms with van der Waals surface area (Å²) in [4.78, 5) is 15.1. The number of hydrogen-bond acceptors (Lipinski definition) is 4. The Balaban J connectivity index is 1.76. The van der Waals surface area contributed by atoms with Gasteiger partial charge in [-0.15, -0.1) is 0 Å². The molecule has 1 N–H and O–H groups in total. The molecule has 1 unspecified atom stereocenters. The highest BCUT2D eigenvalue weighted by Gasteiger charge is 2.25. The fraction of sp³-hybridized carbons (Fsp3) is 0.381. The highest BCUT2D eigenvalue weighted by molar-refractivity contribution is 5.96. The first-order valence-corrected chi connectivity index (χ1v) is 9.02. The monoisotopic (exact) mass is 354 g/mol. The van der Waals surface area contributed by atoms with Gasteiger partial charge < -0.3 is 14.8 Å². The smallest absolute Gasteiger partial charge is 0.255 e. The van der Waals surface area contributed by atoms with E-state index in [-0.39, 0.29) is 11.9 Å². The summed E-state index contributed by atoms with van der Waals surface area (Å²) in [6.07, 6.45) is 2.39. The molecule has 1 fully saturated rings. The molecule has 0 radical (unpaired) electrons. The lowest BCUT2D eigenvalue weighted by Crippen LogP contribution is -2.36. The van der Waals surface area contributed by atoms with Crippen LogP contribution in [0, 0.1) is 0 Å². The van der Waals surface area contributed by atoms with Crippen LogP contribution in [0.2, 0.25) is 0 Å². The minimum atomic E-state index is -0.116. The van der Waals surface area contributed by atoms with Crippen LogP contribution in [0.5, 0.6) is 11.5 Å². The maximum atomic E-state index is 12.7. The van der Waals surface area contributed by atoms with E-state index in [1.165, 1.54) is 12.8 Å². The van der Waals surface area contributed by atoms with E-state index in [1.807, 2.05) is 24.3 Å². The van der Waals surface area contributed by atoms with Gasteiger partial charge in [-0.2, -0.15) is 0 Å². The second-order valence-corrected chi connectivity index (χ2v) is 6.45. The highest BCUT2D eigenvalue weighted by atomic mass is 16.5. The molecule has 1 heterocycles. The van der Waals surface area contributed by atoms with Gasteiger partial charge in [-0.05, 0) is 55.8 Å². The van der Waals surface area contributed by atoms with Crippen LogP contribution in [0.15, 0.2) is 48.5 Å². The van der Waals surface area contributed by atoms with E-state index in [2.05, 4.69) is 22.3 Å². The molecule has 2 aromatic carbocycles. The average molecular weight is 354 g/mol. The number of likely N-dealkylation sites (tertiary alicyclic amines) is 1. The lowest BCUT2D eigenvalue weighted by Gasteiger charge is -2.28. The van der Waals surface area contributed by atoms with Crippen molar-refractivity contribution in [3.8, 4) is 11.5 Å². The molecule has 1 aliphatic heterocycles. The molecule has 1 amide bonds. The topological polar surface area (TPSA) is 50.8 Å². The molecule has 138 valence electrons. The van der Waals surface area contributed by atoms with Gasteiger partial charge in [-0.3, -0.25) is 9.69 Å². The van der Waals surface area contributed by atoms with Crippen molar-refractivity contribution >= 4 is 5.91 Å². The second kappa shape index (κ2) is 8.72. The van der Waals surface area contributed by atoms with Gasteiger partial charge in [0.05, 0.1) is 25.8 Å². The molecule has 1 aliphatic rings. The average Bonchev–Trinajstić information content (AvgIpc) is 3.22. The zero-order valence-electron chi connectivity index (χ0n) is 15.4. The number of hydrogen-bond donors (Lipinski definition) is 1. The molecule has 1 atom stereocenters. The zero-order chi connectivity index (χ0) is 18.4. The normalized spacial score (nSPS) is 15.5. The van der Waals surface area contributed by atoms with Crippen LogP contribution < -0.4 is 14.8 Å². The molecule has 0 aromatic heterocycles. The lowest BCUT2D eigenvalue weighted by atomic mass is 10.0. The Morgan fingerprint density at radius 2 is 1.85 bits per heavy atom. The Morgan fingerprint density at radius 1 is 1.08 bits per heavy atom. The number of amides is 1. The van der Waals surface area contributed by atoms with Gasteiger partial charge >= 0.3 is 0 Å². The largest absolute Gasteiger partial charge is 0.497 e.